The van der Waals surface area contributed by atoms with E-state index in [4.69, 9.17) is 4.74 Å². The Morgan fingerprint density at radius 3 is 2.22 bits per heavy atom. The number of anilines is 1. The Bertz CT molecular complexity index is 1370. The van der Waals surface area contributed by atoms with Crippen LogP contribution in [-0.4, -0.2) is 36.0 Å². The number of aryl methyl sites for hydroxylation is 1. The minimum atomic E-state index is -0.713. The molecule has 3 aromatic rings. The first-order valence-electron chi connectivity index (χ1n) is 14.5. The number of unbranched alkanes of at least 4 members (excludes halogenated alkanes) is 2. The molecule has 0 fully saturated rings. The SMILES string of the molecule is CCCCCc1ccc(C(=O)Nc2ccc(C3NC(=O)N(CCC)C(c4ccccc4)=C3C(=O)OCC)cc2)cc1. The van der Waals surface area contributed by atoms with Gasteiger partial charge in [-0.15, -0.1) is 0 Å². The van der Waals surface area contributed by atoms with Gasteiger partial charge < -0.3 is 15.4 Å². The lowest BCUT2D eigenvalue weighted by atomic mass is 9.91. The van der Waals surface area contributed by atoms with Crippen molar-refractivity contribution in [2.24, 2.45) is 0 Å². The van der Waals surface area contributed by atoms with E-state index < -0.39 is 12.0 Å². The third kappa shape index (κ3) is 7.23. The van der Waals surface area contributed by atoms with Crippen LogP contribution < -0.4 is 10.6 Å². The first-order valence-corrected chi connectivity index (χ1v) is 14.5. The normalized spacial score (nSPS) is 15.0. The van der Waals surface area contributed by atoms with Crippen LogP contribution in [0.5, 0.6) is 0 Å². The predicted octanol–water partition coefficient (Wildman–Crippen LogP) is 7.12. The number of urea groups is 1. The van der Waals surface area contributed by atoms with Gasteiger partial charge in [-0.2, -0.15) is 0 Å². The molecule has 41 heavy (non-hydrogen) atoms. The molecule has 0 spiro atoms. The number of rotatable bonds is 12. The molecule has 0 radical (unpaired) electrons. The highest BCUT2D eigenvalue weighted by atomic mass is 16.5. The fourth-order valence-corrected chi connectivity index (χ4v) is 5.04. The molecule has 0 bridgehead atoms. The molecule has 0 saturated carbocycles. The van der Waals surface area contributed by atoms with Crippen LogP contribution in [0.25, 0.3) is 5.70 Å². The number of hydrogen-bond acceptors (Lipinski definition) is 4. The van der Waals surface area contributed by atoms with Gasteiger partial charge in [-0.05, 0) is 67.1 Å². The van der Waals surface area contributed by atoms with Gasteiger partial charge in [-0.3, -0.25) is 9.69 Å². The van der Waals surface area contributed by atoms with Gasteiger partial charge in [-0.1, -0.05) is 81.3 Å². The molecule has 1 aliphatic heterocycles. The molecule has 3 amide bonds. The molecule has 0 saturated heterocycles. The number of amides is 3. The Labute approximate surface area is 242 Å². The largest absolute Gasteiger partial charge is 0.463 e. The van der Waals surface area contributed by atoms with Crippen molar-refractivity contribution >= 4 is 29.3 Å². The summed E-state index contributed by atoms with van der Waals surface area (Å²) in [6.07, 6.45) is 5.26. The number of carbonyl (C=O) groups excluding carboxylic acids is 3. The summed E-state index contributed by atoms with van der Waals surface area (Å²) in [7, 11) is 0. The van der Waals surface area contributed by atoms with Gasteiger partial charge in [0.05, 0.1) is 23.9 Å². The van der Waals surface area contributed by atoms with E-state index in [2.05, 4.69) is 17.6 Å². The van der Waals surface area contributed by atoms with Crippen molar-refractivity contribution in [3.05, 3.63) is 107 Å². The van der Waals surface area contributed by atoms with Crippen molar-refractivity contribution in [3.8, 4) is 0 Å². The molecule has 0 aliphatic carbocycles. The lowest BCUT2D eigenvalue weighted by Crippen LogP contribution is -2.48. The van der Waals surface area contributed by atoms with Gasteiger partial charge in [0.25, 0.3) is 5.91 Å². The van der Waals surface area contributed by atoms with Crippen molar-refractivity contribution in [1.82, 2.24) is 10.2 Å². The van der Waals surface area contributed by atoms with Gasteiger partial charge in [-0.25, -0.2) is 9.59 Å². The minimum Gasteiger partial charge on any atom is -0.463 e. The molecule has 1 heterocycles. The molecule has 1 aliphatic rings. The third-order valence-corrected chi connectivity index (χ3v) is 7.10. The highest BCUT2D eigenvalue weighted by Gasteiger charge is 2.38. The lowest BCUT2D eigenvalue weighted by Gasteiger charge is -2.36. The van der Waals surface area contributed by atoms with Gasteiger partial charge in [0.2, 0.25) is 0 Å². The Morgan fingerprint density at radius 2 is 1.59 bits per heavy atom. The van der Waals surface area contributed by atoms with E-state index >= 15 is 0 Å². The monoisotopic (exact) mass is 553 g/mol. The molecule has 0 aromatic heterocycles. The van der Waals surface area contributed by atoms with E-state index in [0.717, 1.165) is 24.8 Å². The summed E-state index contributed by atoms with van der Waals surface area (Å²) < 4.78 is 5.48. The molecular formula is C34H39N3O4. The molecule has 4 rings (SSSR count). The van der Waals surface area contributed by atoms with E-state index in [1.807, 2.05) is 73.7 Å². The second-order valence-electron chi connectivity index (χ2n) is 10.1. The van der Waals surface area contributed by atoms with E-state index in [0.29, 0.717) is 34.6 Å². The maximum Gasteiger partial charge on any atom is 0.338 e. The number of nitrogens with one attached hydrogen (secondary N) is 2. The summed E-state index contributed by atoms with van der Waals surface area (Å²) in [5.41, 5.74) is 4.84. The van der Waals surface area contributed by atoms with Gasteiger partial charge in [0.1, 0.15) is 0 Å². The van der Waals surface area contributed by atoms with Crippen LogP contribution in [-0.2, 0) is 16.0 Å². The van der Waals surface area contributed by atoms with Crippen molar-refractivity contribution < 1.29 is 19.1 Å². The number of benzene rings is 3. The predicted molar refractivity (Wildman–Crippen MR) is 162 cm³/mol. The maximum absolute atomic E-state index is 13.4. The highest BCUT2D eigenvalue weighted by molar-refractivity contribution is 6.05. The van der Waals surface area contributed by atoms with Crippen LogP contribution in [0.2, 0.25) is 0 Å². The zero-order valence-corrected chi connectivity index (χ0v) is 24.1. The molecule has 7 nitrogen and oxygen atoms in total. The van der Waals surface area contributed by atoms with E-state index in [1.54, 1.807) is 24.0 Å². The van der Waals surface area contributed by atoms with Crippen LogP contribution in [0.1, 0.15) is 79.5 Å². The fraction of sp³-hybridized carbons (Fsp3) is 0.324. The first kappa shape index (κ1) is 29.6. The van der Waals surface area contributed by atoms with Crippen LogP contribution in [0, 0.1) is 0 Å². The number of carbonyl (C=O) groups is 3. The maximum atomic E-state index is 13.4. The molecule has 3 aromatic carbocycles. The number of ether oxygens (including phenoxy) is 1. The van der Waals surface area contributed by atoms with E-state index in [1.165, 1.54) is 18.4 Å². The summed E-state index contributed by atoms with van der Waals surface area (Å²) in [4.78, 5) is 41.2. The van der Waals surface area contributed by atoms with Crippen LogP contribution >= 0.6 is 0 Å². The van der Waals surface area contributed by atoms with Crippen LogP contribution in [0.15, 0.2) is 84.4 Å². The molecule has 1 unspecified atom stereocenters. The van der Waals surface area contributed by atoms with Crippen molar-refractivity contribution in [3.63, 3.8) is 0 Å². The van der Waals surface area contributed by atoms with Gasteiger partial charge >= 0.3 is 12.0 Å². The molecule has 7 heteroatoms. The Morgan fingerprint density at radius 1 is 0.878 bits per heavy atom. The first-order chi connectivity index (χ1) is 20.0. The van der Waals surface area contributed by atoms with Crippen LogP contribution in [0.4, 0.5) is 10.5 Å². The number of hydrogen-bond donors (Lipinski definition) is 2. The average molecular weight is 554 g/mol. The Kier molecular flexibility index (Phi) is 10.3. The van der Waals surface area contributed by atoms with Gasteiger partial charge in [0.15, 0.2) is 0 Å². The molecule has 214 valence electrons. The standard InChI is InChI=1S/C34H39N3O4/c1-4-7-9-12-24-15-17-27(18-16-24)32(38)35-28-21-19-25(20-22-28)30-29(33(39)41-6-3)31(26-13-10-8-11-14-26)37(23-5-2)34(40)36-30/h8,10-11,13-22,30H,4-7,9,12,23H2,1-3H3,(H,35,38)(H,36,40). The topological polar surface area (TPSA) is 87.7 Å². The van der Waals surface area contributed by atoms with Crippen LogP contribution in [0.3, 0.4) is 0 Å². The fourth-order valence-electron chi connectivity index (χ4n) is 5.04. The lowest BCUT2D eigenvalue weighted by molar-refractivity contribution is -0.138. The summed E-state index contributed by atoms with van der Waals surface area (Å²) in [5.74, 6) is -0.675. The van der Waals surface area contributed by atoms with Gasteiger partial charge in [0, 0.05) is 17.8 Å². The Hall–Kier alpha value is -4.39. The minimum absolute atomic E-state index is 0.197. The summed E-state index contributed by atoms with van der Waals surface area (Å²) in [6, 6.07) is 23.4. The zero-order valence-electron chi connectivity index (χ0n) is 24.1. The molecular weight excluding hydrogens is 514 g/mol. The number of esters is 1. The van der Waals surface area contributed by atoms with E-state index in [-0.39, 0.29) is 18.5 Å². The summed E-state index contributed by atoms with van der Waals surface area (Å²) in [5, 5.41) is 5.95. The second kappa shape index (κ2) is 14.3. The smallest absolute Gasteiger partial charge is 0.338 e. The summed E-state index contributed by atoms with van der Waals surface area (Å²) >= 11 is 0. The zero-order chi connectivity index (χ0) is 29.2. The van der Waals surface area contributed by atoms with Crippen molar-refractivity contribution in [2.75, 3.05) is 18.5 Å². The highest BCUT2D eigenvalue weighted by Crippen LogP contribution is 2.37. The van der Waals surface area contributed by atoms with Crippen molar-refractivity contribution in [1.29, 1.82) is 0 Å². The quantitative estimate of drug-likeness (QED) is 0.185. The second-order valence-corrected chi connectivity index (χ2v) is 10.1. The third-order valence-electron chi connectivity index (χ3n) is 7.10. The average Bonchev–Trinajstić information content (AvgIpc) is 2.99. The van der Waals surface area contributed by atoms with Crippen molar-refractivity contribution in [2.45, 2.75) is 58.9 Å². The Balaban J connectivity index is 1.60. The number of nitrogens with zero attached hydrogens (tertiary/aromatic N) is 1. The molecule has 2 N–H and O–H groups in total. The molecule has 1 atom stereocenters. The van der Waals surface area contributed by atoms with E-state index in [9.17, 15) is 14.4 Å². The summed E-state index contributed by atoms with van der Waals surface area (Å²) in [6.45, 7) is 6.60.